The van der Waals surface area contributed by atoms with Crippen LogP contribution >= 0.6 is 23.4 Å². The van der Waals surface area contributed by atoms with Crippen molar-refractivity contribution in [1.82, 2.24) is 0 Å². The Morgan fingerprint density at radius 1 is 0.968 bits per heavy atom. The number of esters is 3. The van der Waals surface area contributed by atoms with E-state index >= 15 is 0 Å². The number of thioether (sulfide) groups is 1. The standard InChI is InChI=1S/C19H23ClO8.C2H6S/c1-11-16(28-15(23)9-20)17(24-10-14-7-5-4-6-8-14)18(26-12(2)21)19(25-11)27-13(3)22;1-3-2/h4-8,11,16-19H,9-10H2,1-3H3;1-2H3. The number of benzene rings is 1. The molecule has 0 aliphatic carbocycles. The van der Waals surface area contributed by atoms with Gasteiger partial charge in [-0.25, -0.2) is 0 Å². The summed E-state index contributed by atoms with van der Waals surface area (Å²) in [6.07, 6.45) is -0.822. The monoisotopic (exact) mass is 476 g/mol. The van der Waals surface area contributed by atoms with Gasteiger partial charge in [0.2, 0.25) is 6.29 Å². The first-order valence-corrected chi connectivity index (χ1v) is 11.7. The van der Waals surface area contributed by atoms with Crippen molar-refractivity contribution in [1.29, 1.82) is 0 Å². The first kappa shape index (κ1) is 27.2. The van der Waals surface area contributed by atoms with Crippen LogP contribution in [0.1, 0.15) is 26.3 Å². The predicted molar refractivity (Wildman–Crippen MR) is 117 cm³/mol. The molecule has 0 saturated carbocycles. The first-order chi connectivity index (χ1) is 14.7. The van der Waals surface area contributed by atoms with E-state index in [1.807, 2.05) is 42.8 Å². The summed E-state index contributed by atoms with van der Waals surface area (Å²) < 4.78 is 27.4. The summed E-state index contributed by atoms with van der Waals surface area (Å²) in [7, 11) is 0. The van der Waals surface area contributed by atoms with E-state index in [1.165, 1.54) is 13.8 Å². The second-order valence-corrected chi connectivity index (χ2v) is 7.73. The quantitative estimate of drug-likeness (QED) is 0.334. The van der Waals surface area contributed by atoms with Crippen molar-refractivity contribution in [2.24, 2.45) is 0 Å². The molecule has 0 aromatic heterocycles. The van der Waals surface area contributed by atoms with Gasteiger partial charge in [-0.15, -0.1) is 11.6 Å². The van der Waals surface area contributed by atoms with Gasteiger partial charge in [-0.3, -0.25) is 14.4 Å². The number of hydrogen-bond donors (Lipinski definition) is 0. The molecule has 5 atom stereocenters. The molecule has 0 amide bonds. The summed E-state index contributed by atoms with van der Waals surface area (Å²) in [4.78, 5) is 34.9. The van der Waals surface area contributed by atoms with Crippen LogP contribution in [-0.4, -0.2) is 67.0 Å². The molecular weight excluding hydrogens is 448 g/mol. The highest BCUT2D eigenvalue weighted by atomic mass is 35.5. The van der Waals surface area contributed by atoms with Gasteiger partial charge in [0.1, 0.15) is 12.0 Å². The Labute approximate surface area is 191 Å². The van der Waals surface area contributed by atoms with E-state index < -0.39 is 48.6 Å². The van der Waals surface area contributed by atoms with Crippen molar-refractivity contribution in [2.75, 3.05) is 18.4 Å². The lowest BCUT2D eigenvalue weighted by molar-refractivity contribution is -0.298. The minimum Gasteiger partial charge on any atom is -0.456 e. The van der Waals surface area contributed by atoms with Crippen molar-refractivity contribution < 1.29 is 38.1 Å². The maximum atomic E-state index is 11.8. The summed E-state index contributed by atoms with van der Waals surface area (Å²) in [6.45, 7) is 4.19. The lowest BCUT2D eigenvalue weighted by atomic mass is 9.98. The van der Waals surface area contributed by atoms with Crippen molar-refractivity contribution in [3.05, 3.63) is 35.9 Å². The predicted octanol–water partition coefficient (Wildman–Crippen LogP) is 2.94. The van der Waals surface area contributed by atoms with Gasteiger partial charge in [-0.1, -0.05) is 30.3 Å². The number of carbonyl (C=O) groups is 3. The fourth-order valence-electron chi connectivity index (χ4n) is 2.85. The molecule has 31 heavy (non-hydrogen) atoms. The molecule has 1 aliphatic heterocycles. The molecule has 8 nitrogen and oxygen atoms in total. The van der Waals surface area contributed by atoms with Crippen molar-refractivity contribution in [3.63, 3.8) is 0 Å². The second kappa shape index (κ2) is 14.3. The molecule has 5 unspecified atom stereocenters. The summed E-state index contributed by atoms with van der Waals surface area (Å²) in [5, 5.41) is 0. The number of halogens is 1. The van der Waals surface area contributed by atoms with Gasteiger partial charge in [0.15, 0.2) is 12.2 Å². The fourth-order valence-corrected chi connectivity index (χ4v) is 2.91. The normalized spacial score (nSPS) is 24.9. The van der Waals surface area contributed by atoms with Gasteiger partial charge in [0, 0.05) is 13.8 Å². The summed E-state index contributed by atoms with van der Waals surface area (Å²) in [6, 6.07) is 9.27. The molecular formula is C21H29ClO8S. The Morgan fingerprint density at radius 2 is 1.55 bits per heavy atom. The Kier molecular flexibility index (Phi) is 12.5. The molecule has 1 saturated heterocycles. The van der Waals surface area contributed by atoms with Crippen LogP contribution < -0.4 is 0 Å². The Morgan fingerprint density at radius 3 is 2.06 bits per heavy atom. The Balaban J connectivity index is 0.00000151. The Hall–Kier alpha value is -1.81. The number of hydrogen-bond acceptors (Lipinski definition) is 9. The average molecular weight is 477 g/mol. The molecule has 2 rings (SSSR count). The van der Waals surface area contributed by atoms with E-state index in [0.29, 0.717) is 0 Å². The van der Waals surface area contributed by atoms with Gasteiger partial charge < -0.3 is 23.7 Å². The molecule has 10 heteroatoms. The van der Waals surface area contributed by atoms with E-state index in [4.69, 9.17) is 35.3 Å². The largest absolute Gasteiger partial charge is 0.456 e. The van der Waals surface area contributed by atoms with E-state index in [1.54, 1.807) is 18.7 Å². The lowest BCUT2D eigenvalue weighted by Crippen LogP contribution is -2.61. The number of rotatable bonds is 7. The van der Waals surface area contributed by atoms with Crippen LogP contribution in [0.4, 0.5) is 0 Å². The zero-order valence-electron chi connectivity index (χ0n) is 18.2. The molecule has 1 aromatic carbocycles. The minimum atomic E-state index is -1.21. The van der Waals surface area contributed by atoms with Gasteiger partial charge in [-0.05, 0) is 25.0 Å². The highest BCUT2D eigenvalue weighted by molar-refractivity contribution is 7.97. The van der Waals surface area contributed by atoms with E-state index in [-0.39, 0.29) is 12.5 Å². The summed E-state index contributed by atoms with van der Waals surface area (Å²) in [5.41, 5.74) is 0.856. The van der Waals surface area contributed by atoms with Crippen molar-refractivity contribution in [2.45, 2.75) is 58.1 Å². The lowest BCUT2D eigenvalue weighted by Gasteiger charge is -2.43. The van der Waals surface area contributed by atoms with Crippen molar-refractivity contribution in [3.8, 4) is 0 Å². The molecule has 1 heterocycles. The van der Waals surface area contributed by atoms with Crippen LogP contribution in [0.2, 0.25) is 0 Å². The SMILES string of the molecule is CC(=O)OC1OC(C)C(OC(=O)CCl)C(OCc2ccccc2)C1OC(C)=O.CSC. The Bertz CT molecular complexity index is 702. The van der Waals surface area contributed by atoms with Gasteiger partial charge in [-0.2, -0.15) is 11.8 Å². The summed E-state index contributed by atoms with van der Waals surface area (Å²) in [5.74, 6) is -2.29. The van der Waals surface area contributed by atoms with Crippen LogP contribution in [0.25, 0.3) is 0 Å². The fraction of sp³-hybridized carbons (Fsp3) is 0.571. The van der Waals surface area contributed by atoms with Crippen LogP contribution in [0.3, 0.4) is 0 Å². The molecule has 0 bridgehead atoms. The molecule has 1 aliphatic rings. The van der Waals surface area contributed by atoms with Crippen LogP contribution in [0, 0.1) is 0 Å². The highest BCUT2D eigenvalue weighted by Gasteiger charge is 2.50. The molecule has 1 fully saturated rings. The summed E-state index contributed by atoms with van der Waals surface area (Å²) >= 11 is 7.30. The van der Waals surface area contributed by atoms with Crippen LogP contribution in [-0.2, 0) is 44.7 Å². The van der Waals surface area contributed by atoms with Crippen LogP contribution in [0.15, 0.2) is 30.3 Å². The number of ether oxygens (including phenoxy) is 5. The maximum Gasteiger partial charge on any atom is 0.321 e. The van der Waals surface area contributed by atoms with Gasteiger partial charge in [0.05, 0.1) is 12.7 Å². The van der Waals surface area contributed by atoms with Crippen molar-refractivity contribution >= 4 is 41.3 Å². The zero-order chi connectivity index (χ0) is 23.4. The van der Waals surface area contributed by atoms with E-state index in [2.05, 4.69) is 0 Å². The molecule has 0 spiro atoms. The third-order valence-corrected chi connectivity index (χ3v) is 4.19. The molecule has 0 radical (unpaired) electrons. The topological polar surface area (TPSA) is 97.4 Å². The minimum absolute atomic E-state index is 0.151. The first-order valence-electron chi connectivity index (χ1n) is 9.54. The third kappa shape index (κ3) is 9.47. The van der Waals surface area contributed by atoms with E-state index in [0.717, 1.165) is 5.56 Å². The molecule has 174 valence electrons. The smallest absolute Gasteiger partial charge is 0.321 e. The number of alkyl halides is 1. The van der Waals surface area contributed by atoms with E-state index in [9.17, 15) is 14.4 Å². The van der Waals surface area contributed by atoms with Gasteiger partial charge >= 0.3 is 17.9 Å². The van der Waals surface area contributed by atoms with Gasteiger partial charge in [0.25, 0.3) is 0 Å². The number of carbonyl (C=O) groups excluding carboxylic acids is 3. The highest BCUT2D eigenvalue weighted by Crippen LogP contribution is 2.30. The molecule has 1 aromatic rings. The zero-order valence-corrected chi connectivity index (χ0v) is 19.8. The maximum absolute atomic E-state index is 11.8. The molecule has 0 N–H and O–H groups in total. The average Bonchev–Trinajstić information content (AvgIpc) is 2.71. The third-order valence-electron chi connectivity index (χ3n) is 3.97. The second-order valence-electron chi connectivity index (χ2n) is 6.65. The van der Waals surface area contributed by atoms with Crippen LogP contribution in [0.5, 0.6) is 0 Å².